The molecule has 0 saturated carbocycles. The molecule has 1 aromatic heterocycles. The Bertz CT molecular complexity index is 512. The summed E-state index contributed by atoms with van der Waals surface area (Å²) in [5.41, 5.74) is 5.36. The van der Waals surface area contributed by atoms with Crippen molar-refractivity contribution < 1.29 is 9.53 Å². The van der Waals surface area contributed by atoms with Gasteiger partial charge in [-0.25, -0.2) is 4.98 Å². The highest BCUT2D eigenvalue weighted by molar-refractivity contribution is 5.85. The predicted octanol–water partition coefficient (Wildman–Crippen LogP) is 0.651. The van der Waals surface area contributed by atoms with Crippen molar-refractivity contribution in [2.45, 2.75) is 32.2 Å². The summed E-state index contributed by atoms with van der Waals surface area (Å²) in [6.07, 6.45) is 3.28. The lowest BCUT2D eigenvalue weighted by Crippen LogP contribution is -2.58. The summed E-state index contributed by atoms with van der Waals surface area (Å²) in [6.45, 7) is 6.51. The van der Waals surface area contributed by atoms with E-state index in [2.05, 4.69) is 14.9 Å². The van der Waals surface area contributed by atoms with Gasteiger partial charge in [0.05, 0.1) is 12.6 Å². The van der Waals surface area contributed by atoms with Gasteiger partial charge >= 0.3 is 0 Å². The maximum Gasteiger partial charge on any atom is 0.242 e. The molecule has 1 amide bonds. The summed E-state index contributed by atoms with van der Waals surface area (Å²) in [4.78, 5) is 25.0. The van der Waals surface area contributed by atoms with Gasteiger partial charge in [-0.2, -0.15) is 4.98 Å². The van der Waals surface area contributed by atoms with Crippen LogP contribution in [-0.2, 0) is 4.79 Å². The van der Waals surface area contributed by atoms with Gasteiger partial charge in [0.15, 0.2) is 0 Å². The lowest BCUT2D eigenvalue weighted by atomic mass is 9.95. The number of nitrogens with zero attached hydrogens (tertiary/aromatic N) is 4. The van der Waals surface area contributed by atoms with Gasteiger partial charge in [0.1, 0.15) is 0 Å². The fourth-order valence-electron chi connectivity index (χ4n) is 2.70. The number of anilines is 1. The molecule has 1 saturated heterocycles. The molecule has 1 fully saturated rings. The molecule has 1 atom stereocenters. The second kappa shape index (κ2) is 6.91. The molecular formula is C15H25N5O2. The summed E-state index contributed by atoms with van der Waals surface area (Å²) in [6, 6.07) is 1.72. The van der Waals surface area contributed by atoms with Crippen LogP contribution in [0.4, 0.5) is 5.95 Å². The van der Waals surface area contributed by atoms with E-state index in [0.717, 1.165) is 6.42 Å². The minimum Gasteiger partial charge on any atom is -0.481 e. The van der Waals surface area contributed by atoms with Gasteiger partial charge in [-0.3, -0.25) is 4.79 Å². The number of nitrogens with two attached hydrogens (primary N) is 1. The second-order valence-electron chi connectivity index (χ2n) is 5.85. The number of aromatic nitrogens is 2. The Balaban J connectivity index is 1.96. The van der Waals surface area contributed by atoms with Crippen LogP contribution in [0.3, 0.4) is 0 Å². The topological polar surface area (TPSA) is 84.6 Å². The summed E-state index contributed by atoms with van der Waals surface area (Å²) in [5.74, 6) is 1.21. The summed E-state index contributed by atoms with van der Waals surface area (Å²) in [7, 11) is 1.58. The van der Waals surface area contributed by atoms with Gasteiger partial charge < -0.3 is 20.3 Å². The number of amides is 1. The molecule has 1 unspecified atom stereocenters. The van der Waals surface area contributed by atoms with Crippen LogP contribution in [0.2, 0.25) is 0 Å². The third-order valence-corrected chi connectivity index (χ3v) is 3.93. The van der Waals surface area contributed by atoms with Crippen molar-refractivity contribution in [3.8, 4) is 5.88 Å². The lowest BCUT2D eigenvalue weighted by Gasteiger charge is -2.38. The number of rotatable bonds is 5. The monoisotopic (exact) mass is 307 g/mol. The van der Waals surface area contributed by atoms with Crippen molar-refractivity contribution in [1.29, 1.82) is 0 Å². The lowest BCUT2D eigenvalue weighted by molar-refractivity contribution is -0.137. The van der Waals surface area contributed by atoms with E-state index in [9.17, 15) is 4.79 Å². The SMILES string of the molecule is CCCC(C)(N)C(=O)N1CCN(c2nccc(OC)n2)CC1. The van der Waals surface area contributed by atoms with Crippen LogP contribution in [-0.4, -0.2) is 59.6 Å². The molecule has 1 aliphatic rings. The molecule has 1 aliphatic heterocycles. The Hall–Kier alpha value is -1.89. The first kappa shape index (κ1) is 16.5. The van der Waals surface area contributed by atoms with Crippen molar-refractivity contribution in [2.75, 3.05) is 38.2 Å². The van der Waals surface area contributed by atoms with Crippen LogP contribution in [0.1, 0.15) is 26.7 Å². The van der Waals surface area contributed by atoms with E-state index in [1.165, 1.54) is 0 Å². The first-order chi connectivity index (χ1) is 10.5. The third-order valence-electron chi connectivity index (χ3n) is 3.93. The van der Waals surface area contributed by atoms with E-state index in [4.69, 9.17) is 10.5 Å². The number of piperazine rings is 1. The highest BCUT2D eigenvalue weighted by Crippen LogP contribution is 2.17. The number of carbonyl (C=O) groups is 1. The zero-order valence-electron chi connectivity index (χ0n) is 13.6. The number of carbonyl (C=O) groups excluding carboxylic acids is 1. The molecule has 0 bridgehead atoms. The van der Waals surface area contributed by atoms with E-state index in [1.54, 1.807) is 19.4 Å². The minimum atomic E-state index is -0.774. The Morgan fingerprint density at radius 3 is 2.68 bits per heavy atom. The van der Waals surface area contributed by atoms with Crippen LogP contribution in [0.5, 0.6) is 5.88 Å². The van der Waals surface area contributed by atoms with Crippen molar-refractivity contribution in [3.05, 3.63) is 12.3 Å². The standard InChI is InChI=1S/C15H25N5O2/c1-4-6-15(2,16)13(21)19-8-10-20(11-9-19)14-17-7-5-12(18-14)22-3/h5,7H,4,6,8-11,16H2,1-3H3. The van der Waals surface area contributed by atoms with Crippen molar-refractivity contribution in [2.24, 2.45) is 5.73 Å². The highest BCUT2D eigenvalue weighted by Gasteiger charge is 2.33. The highest BCUT2D eigenvalue weighted by atomic mass is 16.5. The van der Waals surface area contributed by atoms with Gasteiger partial charge in [-0.05, 0) is 13.3 Å². The zero-order chi connectivity index (χ0) is 16.2. The number of hydrogen-bond donors (Lipinski definition) is 1. The van der Waals surface area contributed by atoms with Crippen LogP contribution >= 0.6 is 0 Å². The smallest absolute Gasteiger partial charge is 0.242 e. The minimum absolute atomic E-state index is 0.0283. The molecule has 7 heteroatoms. The van der Waals surface area contributed by atoms with E-state index >= 15 is 0 Å². The quantitative estimate of drug-likeness (QED) is 0.860. The first-order valence-electron chi connectivity index (χ1n) is 7.68. The molecule has 2 rings (SSSR count). The molecule has 22 heavy (non-hydrogen) atoms. The molecule has 2 N–H and O–H groups in total. The number of methoxy groups -OCH3 is 1. The maximum atomic E-state index is 12.5. The molecule has 0 spiro atoms. The predicted molar refractivity (Wildman–Crippen MR) is 84.9 cm³/mol. The number of hydrogen-bond acceptors (Lipinski definition) is 6. The van der Waals surface area contributed by atoms with Gasteiger partial charge in [0.2, 0.25) is 17.7 Å². The molecule has 122 valence electrons. The second-order valence-corrected chi connectivity index (χ2v) is 5.85. The summed E-state index contributed by atoms with van der Waals surface area (Å²) in [5, 5.41) is 0. The Morgan fingerprint density at radius 2 is 2.09 bits per heavy atom. The fourth-order valence-corrected chi connectivity index (χ4v) is 2.70. The molecule has 0 aromatic carbocycles. The van der Waals surface area contributed by atoms with Gasteiger partial charge in [0.25, 0.3) is 0 Å². The number of ether oxygens (including phenoxy) is 1. The van der Waals surface area contributed by atoms with Gasteiger partial charge in [-0.1, -0.05) is 13.3 Å². The molecule has 1 aromatic rings. The van der Waals surface area contributed by atoms with Crippen LogP contribution in [0.15, 0.2) is 12.3 Å². The molecule has 0 radical (unpaired) electrons. The average molecular weight is 307 g/mol. The average Bonchev–Trinajstić information content (AvgIpc) is 2.54. The van der Waals surface area contributed by atoms with Crippen molar-refractivity contribution in [1.82, 2.24) is 14.9 Å². The van der Waals surface area contributed by atoms with E-state index in [0.29, 0.717) is 44.4 Å². The van der Waals surface area contributed by atoms with Crippen LogP contribution in [0, 0.1) is 0 Å². The molecular weight excluding hydrogens is 282 g/mol. The van der Waals surface area contributed by atoms with Crippen LogP contribution < -0.4 is 15.4 Å². The summed E-state index contributed by atoms with van der Waals surface area (Å²) < 4.78 is 5.12. The largest absolute Gasteiger partial charge is 0.481 e. The maximum absolute atomic E-state index is 12.5. The Kier molecular flexibility index (Phi) is 5.18. The molecule has 2 heterocycles. The first-order valence-corrected chi connectivity index (χ1v) is 7.68. The molecule has 7 nitrogen and oxygen atoms in total. The van der Waals surface area contributed by atoms with E-state index in [-0.39, 0.29) is 5.91 Å². The normalized spacial score (nSPS) is 18.0. The third kappa shape index (κ3) is 3.65. The van der Waals surface area contributed by atoms with Crippen LogP contribution in [0.25, 0.3) is 0 Å². The molecule has 0 aliphatic carbocycles. The zero-order valence-corrected chi connectivity index (χ0v) is 13.6. The summed E-state index contributed by atoms with van der Waals surface area (Å²) >= 11 is 0. The van der Waals surface area contributed by atoms with Crippen molar-refractivity contribution in [3.63, 3.8) is 0 Å². The fraction of sp³-hybridized carbons (Fsp3) is 0.667. The Morgan fingerprint density at radius 1 is 1.41 bits per heavy atom. The van der Waals surface area contributed by atoms with E-state index in [1.807, 2.05) is 18.7 Å². The van der Waals surface area contributed by atoms with Gasteiger partial charge in [0, 0.05) is 38.4 Å². The Labute approximate surface area is 131 Å². The van der Waals surface area contributed by atoms with Gasteiger partial charge in [-0.15, -0.1) is 0 Å². The van der Waals surface area contributed by atoms with Crippen molar-refractivity contribution >= 4 is 11.9 Å². The van der Waals surface area contributed by atoms with E-state index < -0.39 is 5.54 Å².